The van der Waals surface area contributed by atoms with Crippen molar-refractivity contribution >= 4 is 39.1 Å². The second-order valence-electron chi connectivity index (χ2n) is 7.66. The van der Waals surface area contributed by atoms with E-state index in [1.807, 2.05) is 18.2 Å². The van der Waals surface area contributed by atoms with Gasteiger partial charge >= 0.3 is 0 Å². The van der Waals surface area contributed by atoms with Gasteiger partial charge in [-0.25, -0.2) is 4.98 Å². The second-order valence-corrected chi connectivity index (χ2v) is 7.66. The molecule has 3 aromatic heterocycles. The van der Waals surface area contributed by atoms with E-state index in [0.29, 0.717) is 28.1 Å². The SMILES string of the molecule is CC(C)[C@H](C)Nc1nc2cc[nH]c(=O)c2c2cc(NC(=O)c3cccnc3)ccc12. The van der Waals surface area contributed by atoms with Crippen LogP contribution in [0, 0.1) is 5.92 Å². The number of carbonyl (C=O) groups excluding carboxylic acids is 1. The van der Waals surface area contributed by atoms with Gasteiger partial charge in [0.05, 0.1) is 16.5 Å². The van der Waals surface area contributed by atoms with Gasteiger partial charge in [-0.15, -0.1) is 0 Å². The molecule has 0 fully saturated rings. The van der Waals surface area contributed by atoms with E-state index >= 15 is 0 Å². The lowest BCUT2D eigenvalue weighted by atomic mass is 10.0. The molecule has 0 aliphatic carbocycles. The second kappa shape index (κ2) is 7.94. The standard InChI is InChI=1S/C23H23N5O2/c1-13(2)14(3)26-21-17-7-6-16(27-22(29)15-5-4-9-24-12-15)11-18(17)20-19(28-21)8-10-25-23(20)30/h4-14H,1-3H3,(H,25,30)(H,26,28)(H,27,29)/t14-/m0/s1. The lowest BCUT2D eigenvalue weighted by Gasteiger charge is -2.20. The molecule has 0 saturated carbocycles. The summed E-state index contributed by atoms with van der Waals surface area (Å²) in [5, 5.41) is 8.39. The van der Waals surface area contributed by atoms with Crippen molar-refractivity contribution in [1.29, 1.82) is 0 Å². The van der Waals surface area contributed by atoms with Gasteiger partial charge in [-0.1, -0.05) is 13.8 Å². The van der Waals surface area contributed by atoms with Crippen LogP contribution in [0.25, 0.3) is 21.7 Å². The average molecular weight is 401 g/mol. The van der Waals surface area contributed by atoms with Crippen LogP contribution in [0.2, 0.25) is 0 Å². The summed E-state index contributed by atoms with van der Waals surface area (Å²) in [7, 11) is 0. The maximum atomic E-state index is 12.6. The van der Waals surface area contributed by atoms with Crippen molar-refractivity contribution in [3.05, 3.63) is 70.9 Å². The normalized spacial score (nSPS) is 12.3. The van der Waals surface area contributed by atoms with Gasteiger partial charge < -0.3 is 15.6 Å². The minimum atomic E-state index is -0.263. The molecule has 0 bridgehead atoms. The highest BCUT2D eigenvalue weighted by Crippen LogP contribution is 2.30. The number of aromatic amines is 1. The van der Waals surface area contributed by atoms with Gasteiger partial charge in [0.2, 0.25) is 0 Å². The molecule has 3 heterocycles. The van der Waals surface area contributed by atoms with Gasteiger partial charge in [0.1, 0.15) is 5.82 Å². The number of rotatable bonds is 5. The Hall–Kier alpha value is -3.74. The van der Waals surface area contributed by atoms with Crippen molar-refractivity contribution in [2.45, 2.75) is 26.8 Å². The molecule has 4 aromatic rings. The van der Waals surface area contributed by atoms with Crippen LogP contribution in [0.3, 0.4) is 0 Å². The van der Waals surface area contributed by atoms with Crippen LogP contribution in [-0.2, 0) is 0 Å². The fourth-order valence-electron chi connectivity index (χ4n) is 3.23. The predicted molar refractivity (Wildman–Crippen MR) is 120 cm³/mol. The number of amides is 1. The van der Waals surface area contributed by atoms with E-state index in [-0.39, 0.29) is 17.5 Å². The molecule has 0 saturated heterocycles. The third-order valence-electron chi connectivity index (χ3n) is 5.26. The van der Waals surface area contributed by atoms with Gasteiger partial charge in [-0.05, 0) is 49.2 Å². The van der Waals surface area contributed by atoms with E-state index in [2.05, 4.69) is 41.4 Å². The molecule has 1 aromatic carbocycles. The van der Waals surface area contributed by atoms with Gasteiger partial charge in [-0.3, -0.25) is 14.6 Å². The van der Waals surface area contributed by atoms with Crippen molar-refractivity contribution in [2.24, 2.45) is 5.92 Å². The first-order chi connectivity index (χ1) is 14.4. The summed E-state index contributed by atoms with van der Waals surface area (Å²) in [6.45, 7) is 6.37. The van der Waals surface area contributed by atoms with Gasteiger partial charge in [0, 0.05) is 41.1 Å². The fourth-order valence-corrected chi connectivity index (χ4v) is 3.23. The molecular weight excluding hydrogens is 378 g/mol. The summed E-state index contributed by atoms with van der Waals surface area (Å²) < 4.78 is 0. The summed E-state index contributed by atoms with van der Waals surface area (Å²) in [5.74, 6) is 0.866. The molecule has 7 heteroatoms. The highest BCUT2D eigenvalue weighted by molar-refractivity contribution is 6.12. The zero-order valence-corrected chi connectivity index (χ0v) is 17.1. The molecule has 0 unspecified atom stereocenters. The van der Waals surface area contributed by atoms with Gasteiger partial charge in [0.15, 0.2) is 0 Å². The number of H-pyrrole nitrogens is 1. The highest BCUT2D eigenvalue weighted by atomic mass is 16.1. The number of hydrogen-bond acceptors (Lipinski definition) is 5. The van der Waals surface area contributed by atoms with Gasteiger partial charge in [0.25, 0.3) is 11.5 Å². The molecule has 0 aliphatic rings. The number of nitrogens with zero attached hydrogens (tertiary/aromatic N) is 2. The molecule has 1 atom stereocenters. The fraction of sp³-hybridized carbons (Fsp3) is 0.217. The maximum Gasteiger partial charge on any atom is 0.258 e. The largest absolute Gasteiger partial charge is 0.367 e. The third kappa shape index (κ3) is 3.74. The smallest absolute Gasteiger partial charge is 0.258 e. The Labute approximate surface area is 173 Å². The van der Waals surface area contributed by atoms with Gasteiger partial charge in [-0.2, -0.15) is 0 Å². The molecule has 152 valence electrons. The van der Waals surface area contributed by atoms with E-state index < -0.39 is 0 Å². The zero-order chi connectivity index (χ0) is 21.3. The number of pyridine rings is 3. The lowest BCUT2D eigenvalue weighted by molar-refractivity contribution is 0.102. The van der Waals surface area contributed by atoms with Crippen LogP contribution >= 0.6 is 0 Å². The first-order valence-corrected chi connectivity index (χ1v) is 9.87. The molecule has 30 heavy (non-hydrogen) atoms. The van der Waals surface area contributed by atoms with Crippen LogP contribution in [-0.4, -0.2) is 26.9 Å². The molecule has 0 spiro atoms. The average Bonchev–Trinajstić information content (AvgIpc) is 2.74. The van der Waals surface area contributed by atoms with Crippen molar-refractivity contribution in [1.82, 2.24) is 15.0 Å². The number of aromatic nitrogens is 3. The molecule has 0 radical (unpaired) electrons. The minimum absolute atomic E-state index is 0.199. The molecule has 1 amide bonds. The minimum Gasteiger partial charge on any atom is -0.367 e. The van der Waals surface area contributed by atoms with Crippen molar-refractivity contribution in [3.63, 3.8) is 0 Å². The van der Waals surface area contributed by atoms with E-state index in [9.17, 15) is 9.59 Å². The van der Waals surface area contributed by atoms with Crippen molar-refractivity contribution < 1.29 is 4.79 Å². The number of fused-ring (bicyclic) bond motifs is 3. The molecule has 0 aliphatic heterocycles. The summed E-state index contributed by atoms with van der Waals surface area (Å²) in [6, 6.07) is 10.9. The first-order valence-electron chi connectivity index (χ1n) is 9.87. The Morgan fingerprint density at radius 3 is 2.67 bits per heavy atom. The quantitative estimate of drug-likeness (QED) is 0.436. The van der Waals surface area contributed by atoms with Crippen LogP contribution in [0.15, 0.2) is 59.8 Å². The Morgan fingerprint density at radius 2 is 1.93 bits per heavy atom. The molecular formula is C23H23N5O2. The monoisotopic (exact) mass is 401 g/mol. The van der Waals surface area contributed by atoms with E-state index in [1.54, 1.807) is 30.6 Å². The van der Waals surface area contributed by atoms with Crippen molar-refractivity contribution in [3.8, 4) is 0 Å². The Kier molecular flexibility index (Phi) is 5.18. The van der Waals surface area contributed by atoms with E-state index in [0.717, 1.165) is 16.6 Å². The van der Waals surface area contributed by atoms with Crippen LogP contribution in [0.4, 0.5) is 11.5 Å². The summed E-state index contributed by atoms with van der Waals surface area (Å²) in [4.78, 5) is 36.5. The highest BCUT2D eigenvalue weighted by Gasteiger charge is 2.15. The van der Waals surface area contributed by atoms with Crippen LogP contribution in [0.1, 0.15) is 31.1 Å². The third-order valence-corrected chi connectivity index (χ3v) is 5.26. The number of anilines is 2. The summed E-state index contributed by atoms with van der Waals surface area (Å²) >= 11 is 0. The van der Waals surface area contributed by atoms with E-state index in [1.165, 1.54) is 6.20 Å². The molecule has 4 rings (SSSR count). The topological polar surface area (TPSA) is 99.8 Å². The summed E-state index contributed by atoms with van der Waals surface area (Å²) in [5.41, 5.74) is 1.43. The number of hydrogen-bond donors (Lipinski definition) is 3. The van der Waals surface area contributed by atoms with Crippen molar-refractivity contribution in [2.75, 3.05) is 10.6 Å². The number of benzene rings is 1. The number of carbonyl (C=O) groups is 1. The molecule has 7 nitrogen and oxygen atoms in total. The molecule has 3 N–H and O–H groups in total. The first kappa shape index (κ1) is 19.6. The number of nitrogens with one attached hydrogen (secondary N) is 3. The van der Waals surface area contributed by atoms with Crippen LogP contribution < -0.4 is 16.2 Å². The predicted octanol–water partition coefficient (Wildman–Crippen LogP) is 4.18. The Balaban J connectivity index is 1.84. The maximum absolute atomic E-state index is 12.6. The summed E-state index contributed by atoms with van der Waals surface area (Å²) in [6.07, 6.45) is 4.72. The lowest BCUT2D eigenvalue weighted by Crippen LogP contribution is -2.22. The van der Waals surface area contributed by atoms with Crippen LogP contribution in [0.5, 0.6) is 0 Å². The Bertz CT molecular complexity index is 1280. The van der Waals surface area contributed by atoms with E-state index in [4.69, 9.17) is 4.98 Å². The zero-order valence-electron chi connectivity index (χ0n) is 17.1. The Morgan fingerprint density at radius 1 is 1.10 bits per heavy atom.